The van der Waals surface area contributed by atoms with E-state index in [0.29, 0.717) is 5.56 Å². The van der Waals surface area contributed by atoms with Crippen LogP contribution in [0, 0.1) is 0 Å². The molecule has 0 aliphatic carbocycles. The summed E-state index contributed by atoms with van der Waals surface area (Å²) in [6.45, 7) is -1.28. The summed E-state index contributed by atoms with van der Waals surface area (Å²) in [4.78, 5) is 21.1. The fraction of sp³-hybridized carbons (Fsp3) is 0.294. The van der Waals surface area contributed by atoms with Crippen molar-refractivity contribution in [1.82, 2.24) is 4.98 Å². The van der Waals surface area contributed by atoms with Crippen LogP contribution in [0.1, 0.15) is 16.8 Å². The second-order valence-corrected chi connectivity index (χ2v) is 5.83. The van der Waals surface area contributed by atoms with Crippen LogP contribution in [-0.2, 0) is 0 Å². The molecule has 1 amide bonds. The van der Waals surface area contributed by atoms with Gasteiger partial charge in [-0.1, -0.05) is 6.07 Å². The molecule has 0 spiro atoms. The van der Waals surface area contributed by atoms with E-state index in [1.807, 2.05) is 6.07 Å². The van der Waals surface area contributed by atoms with Crippen molar-refractivity contribution in [2.75, 3.05) is 22.9 Å². The van der Waals surface area contributed by atoms with E-state index in [9.17, 15) is 13.6 Å². The molecule has 2 aromatic rings. The minimum absolute atomic E-state index is 0.0177. The first kappa shape index (κ1) is 14.9. The second-order valence-electron chi connectivity index (χ2n) is 5.83. The molecule has 3 heterocycles. The van der Waals surface area contributed by atoms with Gasteiger partial charge in [0.15, 0.2) is 0 Å². The van der Waals surface area contributed by atoms with Crippen molar-refractivity contribution >= 4 is 17.3 Å². The molecule has 0 radical (unpaired) electrons. The number of carbonyl (C=O) groups excluding carboxylic acids is 1. The van der Waals surface area contributed by atoms with Crippen molar-refractivity contribution in [3.63, 3.8) is 0 Å². The number of ether oxygens (including phenoxy) is 1. The minimum atomic E-state index is -2.92. The number of pyridine rings is 1. The van der Waals surface area contributed by atoms with Crippen LogP contribution in [0.4, 0.5) is 20.2 Å². The first-order chi connectivity index (χ1) is 11.6. The number of anilines is 2. The number of fused-ring (bicyclic) bond motifs is 4. The van der Waals surface area contributed by atoms with Gasteiger partial charge < -0.3 is 14.5 Å². The molecule has 2 bridgehead atoms. The Morgan fingerprint density at radius 1 is 1.29 bits per heavy atom. The van der Waals surface area contributed by atoms with Gasteiger partial charge in [0.1, 0.15) is 5.75 Å². The average Bonchev–Trinajstić information content (AvgIpc) is 2.99. The maximum absolute atomic E-state index is 13.0. The number of hydrogen-bond donors (Lipinski definition) is 0. The predicted octanol–water partition coefficient (Wildman–Crippen LogP) is 2.92. The monoisotopic (exact) mass is 331 g/mol. The highest BCUT2D eigenvalue weighted by molar-refractivity contribution is 6.09. The Balaban J connectivity index is 1.70. The van der Waals surface area contributed by atoms with Gasteiger partial charge in [-0.05, 0) is 30.7 Å². The molecule has 2 aliphatic heterocycles. The molecular weight excluding hydrogens is 316 g/mol. The number of nitrogens with zero attached hydrogens (tertiary/aromatic N) is 3. The highest BCUT2D eigenvalue weighted by Crippen LogP contribution is 2.40. The number of hydrogen-bond acceptors (Lipinski definition) is 4. The first-order valence-electron chi connectivity index (χ1n) is 7.71. The SMILES string of the molecule is O=C(c1cccc(OC(F)F)c1)N1c2ccncc2N2CCC1C2. The maximum Gasteiger partial charge on any atom is 0.387 e. The van der Waals surface area contributed by atoms with Crippen LogP contribution in [0.15, 0.2) is 42.7 Å². The van der Waals surface area contributed by atoms with E-state index in [0.717, 1.165) is 30.9 Å². The Hall–Kier alpha value is -2.70. The van der Waals surface area contributed by atoms with Crippen molar-refractivity contribution < 1.29 is 18.3 Å². The summed E-state index contributed by atoms with van der Waals surface area (Å²) in [6, 6.07) is 7.82. The van der Waals surface area contributed by atoms with Gasteiger partial charge >= 0.3 is 6.61 Å². The van der Waals surface area contributed by atoms with Crippen molar-refractivity contribution in [3.8, 4) is 5.75 Å². The Morgan fingerprint density at radius 2 is 2.17 bits per heavy atom. The predicted molar refractivity (Wildman–Crippen MR) is 84.7 cm³/mol. The third-order valence-electron chi connectivity index (χ3n) is 4.43. The zero-order valence-electron chi connectivity index (χ0n) is 12.7. The van der Waals surface area contributed by atoms with Crippen LogP contribution in [0.5, 0.6) is 5.75 Å². The Labute approximate surface area is 137 Å². The molecular formula is C17H15F2N3O2. The lowest BCUT2D eigenvalue weighted by Gasteiger charge is -2.36. The van der Waals surface area contributed by atoms with Gasteiger partial charge in [0, 0.05) is 24.8 Å². The fourth-order valence-corrected chi connectivity index (χ4v) is 3.41. The largest absolute Gasteiger partial charge is 0.435 e. The quantitative estimate of drug-likeness (QED) is 0.867. The number of benzene rings is 1. The van der Waals surface area contributed by atoms with Crippen molar-refractivity contribution in [2.24, 2.45) is 0 Å². The number of alkyl halides is 2. The molecule has 1 aromatic carbocycles. The van der Waals surface area contributed by atoms with Crippen molar-refractivity contribution in [3.05, 3.63) is 48.3 Å². The minimum Gasteiger partial charge on any atom is -0.435 e. The summed E-state index contributed by atoms with van der Waals surface area (Å²) in [5, 5.41) is 0. The van der Waals surface area contributed by atoms with Crippen LogP contribution >= 0.6 is 0 Å². The Kier molecular flexibility index (Phi) is 3.55. The summed E-state index contributed by atoms with van der Waals surface area (Å²) in [7, 11) is 0. The van der Waals surface area contributed by atoms with Crippen molar-refractivity contribution in [2.45, 2.75) is 19.1 Å². The maximum atomic E-state index is 13.0. The van der Waals surface area contributed by atoms with Gasteiger partial charge in [-0.25, -0.2) is 0 Å². The standard InChI is InChI=1S/C17H15F2N3O2/c18-17(19)24-13-3-1-2-11(8-13)16(23)22-12-5-7-21(10-12)15-9-20-6-4-14(15)22/h1-4,6,8-9,12,17H,5,7,10H2. The topological polar surface area (TPSA) is 45.7 Å². The molecule has 124 valence electrons. The number of rotatable bonds is 3. The van der Waals surface area contributed by atoms with Crippen molar-refractivity contribution in [1.29, 1.82) is 0 Å². The lowest BCUT2D eigenvalue weighted by atomic mass is 10.1. The van der Waals surface area contributed by atoms with E-state index in [2.05, 4.69) is 14.6 Å². The van der Waals surface area contributed by atoms with E-state index < -0.39 is 6.61 Å². The van der Waals surface area contributed by atoms with Gasteiger partial charge in [-0.15, -0.1) is 0 Å². The molecule has 4 rings (SSSR count). The van der Waals surface area contributed by atoms with E-state index in [1.54, 1.807) is 29.4 Å². The number of carbonyl (C=O) groups is 1. The van der Waals surface area contributed by atoms with E-state index in [-0.39, 0.29) is 17.7 Å². The third-order valence-corrected chi connectivity index (χ3v) is 4.43. The van der Waals surface area contributed by atoms with E-state index in [4.69, 9.17) is 0 Å². The Morgan fingerprint density at radius 3 is 3.00 bits per heavy atom. The summed E-state index contributed by atoms with van der Waals surface area (Å²) >= 11 is 0. The van der Waals surface area contributed by atoms with Crippen LogP contribution in [0.3, 0.4) is 0 Å². The molecule has 7 heteroatoms. The Bertz CT molecular complexity index is 784. The zero-order chi connectivity index (χ0) is 16.7. The van der Waals surface area contributed by atoms with E-state index in [1.165, 1.54) is 12.1 Å². The van der Waals surface area contributed by atoms with Gasteiger partial charge in [0.2, 0.25) is 0 Å². The normalized spacial score (nSPS) is 18.7. The molecule has 1 atom stereocenters. The van der Waals surface area contributed by atoms with Crippen LogP contribution < -0.4 is 14.5 Å². The number of aromatic nitrogens is 1. The summed E-state index contributed by atoms with van der Waals surface area (Å²) in [6.07, 6.45) is 4.28. The van der Waals surface area contributed by atoms with E-state index >= 15 is 0 Å². The van der Waals surface area contributed by atoms with Gasteiger partial charge in [0.25, 0.3) is 5.91 Å². The highest BCUT2D eigenvalue weighted by Gasteiger charge is 2.39. The van der Waals surface area contributed by atoms with Crippen LogP contribution in [0.2, 0.25) is 0 Å². The molecule has 5 nitrogen and oxygen atoms in total. The molecule has 0 N–H and O–H groups in total. The second kappa shape index (κ2) is 5.74. The zero-order valence-corrected chi connectivity index (χ0v) is 12.7. The molecule has 1 fully saturated rings. The molecule has 1 unspecified atom stereocenters. The number of halogens is 2. The lowest BCUT2D eigenvalue weighted by Crippen LogP contribution is -2.46. The summed E-state index contributed by atoms with van der Waals surface area (Å²) < 4.78 is 29.2. The first-order valence-corrected chi connectivity index (χ1v) is 7.71. The molecule has 1 saturated heterocycles. The van der Waals surface area contributed by atoms with Crippen LogP contribution in [0.25, 0.3) is 0 Å². The lowest BCUT2D eigenvalue weighted by molar-refractivity contribution is -0.0498. The highest BCUT2D eigenvalue weighted by atomic mass is 19.3. The summed E-state index contributed by atoms with van der Waals surface area (Å²) in [5.74, 6) is -0.232. The molecule has 24 heavy (non-hydrogen) atoms. The van der Waals surface area contributed by atoms with Gasteiger partial charge in [-0.2, -0.15) is 8.78 Å². The van der Waals surface area contributed by atoms with Gasteiger partial charge in [-0.3, -0.25) is 9.78 Å². The molecule has 0 saturated carbocycles. The van der Waals surface area contributed by atoms with Crippen LogP contribution in [-0.4, -0.2) is 36.6 Å². The average molecular weight is 331 g/mol. The fourth-order valence-electron chi connectivity index (χ4n) is 3.41. The summed E-state index contributed by atoms with van der Waals surface area (Å²) in [5.41, 5.74) is 2.07. The molecule has 1 aromatic heterocycles. The molecule has 2 aliphatic rings. The van der Waals surface area contributed by atoms with Gasteiger partial charge in [0.05, 0.1) is 23.6 Å². The third kappa shape index (κ3) is 2.46. The number of amides is 1. The smallest absolute Gasteiger partial charge is 0.387 e.